The second-order valence-corrected chi connectivity index (χ2v) is 8.99. The average Bonchev–Trinajstić information content (AvgIpc) is 2.85. The van der Waals surface area contributed by atoms with Crippen LogP contribution in [0.15, 0.2) is 54.7 Å². The van der Waals surface area contributed by atoms with Crippen molar-refractivity contribution in [3.8, 4) is 11.3 Å². The van der Waals surface area contributed by atoms with Crippen LogP contribution in [-0.4, -0.2) is 42.3 Å². The summed E-state index contributed by atoms with van der Waals surface area (Å²) in [5, 5.41) is 10.9. The summed E-state index contributed by atoms with van der Waals surface area (Å²) in [6.07, 6.45) is 6.10. The van der Waals surface area contributed by atoms with E-state index in [1.54, 1.807) is 19.4 Å². The molecule has 2 heterocycles. The molecular formula is C26H31ClFN5O. The van der Waals surface area contributed by atoms with Crippen molar-refractivity contribution in [3.05, 3.63) is 71.1 Å². The summed E-state index contributed by atoms with van der Waals surface area (Å²) >= 11 is 6.48. The Labute approximate surface area is 205 Å². The van der Waals surface area contributed by atoms with Crippen LogP contribution >= 0.6 is 11.6 Å². The number of ether oxygens (including phenoxy) is 1. The highest BCUT2D eigenvalue weighted by atomic mass is 35.5. The Balaban J connectivity index is 1.38. The van der Waals surface area contributed by atoms with Crippen molar-refractivity contribution in [1.29, 1.82) is 0 Å². The minimum atomic E-state index is -0.250. The highest BCUT2D eigenvalue weighted by Crippen LogP contribution is 2.30. The van der Waals surface area contributed by atoms with Gasteiger partial charge >= 0.3 is 0 Å². The van der Waals surface area contributed by atoms with E-state index in [-0.39, 0.29) is 5.82 Å². The molecule has 6 nitrogen and oxygen atoms in total. The number of anilines is 2. The van der Waals surface area contributed by atoms with E-state index in [0.29, 0.717) is 29.5 Å². The number of pyridine rings is 2. The predicted octanol–water partition coefficient (Wildman–Crippen LogP) is 5.51. The summed E-state index contributed by atoms with van der Waals surface area (Å²) in [5.41, 5.74) is 2.43. The molecule has 0 amide bonds. The summed E-state index contributed by atoms with van der Waals surface area (Å²) in [7, 11) is 1.73. The second-order valence-electron chi connectivity index (χ2n) is 8.58. The number of hydrogen-bond donors (Lipinski definition) is 3. The van der Waals surface area contributed by atoms with Gasteiger partial charge in [-0.25, -0.2) is 14.4 Å². The van der Waals surface area contributed by atoms with Gasteiger partial charge in [0.1, 0.15) is 17.5 Å². The number of methoxy groups -OCH3 is 1. The zero-order chi connectivity index (χ0) is 23.8. The monoisotopic (exact) mass is 483 g/mol. The van der Waals surface area contributed by atoms with E-state index in [0.717, 1.165) is 61.5 Å². The molecule has 0 saturated heterocycles. The fourth-order valence-corrected chi connectivity index (χ4v) is 4.45. The van der Waals surface area contributed by atoms with E-state index in [9.17, 15) is 4.39 Å². The van der Waals surface area contributed by atoms with Crippen LogP contribution in [0.5, 0.6) is 0 Å². The van der Waals surface area contributed by atoms with Crippen molar-refractivity contribution in [2.75, 3.05) is 30.9 Å². The summed E-state index contributed by atoms with van der Waals surface area (Å²) < 4.78 is 18.6. The van der Waals surface area contributed by atoms with E-state index >= 15 is 0 Å². The maximum Gasteiger partial charge on any atom is 0.126 e. The highest BCUT2D eigenvalue weighted by molar-refractivity contribution is 6.33. The van der Waals surface area contributed by atoms with Crippen molar-refractivity contribution in [2.24, 2.45) is 0 Å². The van der Waals surface area contributed by atoms with Crippen LogP contribution in [0.3, 0.4) is 0 Å². The maximum absolute atomic E-state index is 13.4. The molecule has 0 bridgehead atoms. The number of benzene rings is 1. The lowest BCUT2D eigenvalue weighted by Gasteiger charge is -2.30. The summed E-state index contributed by atoms with van der Waals surface area (Å²) in [6.45, 7) is 2.11. The van der Waals surface area contributed by atoms with Crippen molar-refractivity contribution >= 4 is 23.2 Å². The zero-order valence-electron chi connectivity index (χ0n) is 19.4. The average molecular weight is 484 g/mol. The summed E-state index contributed by atoms with van der Waals surface area (Å²) in [4.78, 5) is 9.20. The third-order valence-corrected chi connectivity index (χ3v) is 6.36. The van der Waals surface area contributed by atoms with Crippen molar-refractivity contribution in [3.63, 3.8) is 0 Å². The number of nitrogens with zero attached hydrogens (tertiary/aromatic N) is 2. The van der Waals surface area contributed by atoms with E-state index in [1.165, 1.54) is 12.1 Å². The van der Waals surface area contributed by atoms with Gasteiger partial charge in [-0.15, -0.1) is 0 Å². The van der Waals surface area contributed by atoms with Gasteiger partial charge in [0, 0.05) is 44.0 Å². The lowest BCUT2D eigenvalue weighted by atomic mass is 9.91. The van der Waals surface area contributed by atoms with Gasteiger partial charge in [0.25, 0.3) is 0 Å². The first-order chi connectivity index (χ1) is 16.6. The van der Waals surface area contributed by atoms with Gasteiger partial charge in [-0.1, -0.05) is 29.8 Å². The number of aromatic nitrogens is 2. The van der Waals surface area contributed by atoms with E-state index in [4.69, 9.17) is 21.3 Å². The molecule has 34 heavy (non-hydrogen) atoms. The summed E-state index contributed by atoms with van der Waals surface area (Å²) in [6, 6.07) is 15.2. The highest BCUT2D eigenvalue weighted by Gasteiger charge is 2.21. The lowest BCUT2D eigenvalue weighted by Crippen LogP contribution is -2.38. The Hall–Kier alpha value is -2.74. The SMILES string of the molecule is COCCNC1CCC(Nc2cc(-c3cccc(NCc4cccc(F)c4)n3)c(Cl)cn2)CC1. The van der Waals surface area contributed by atoms with Crippen LogP contribution in [0, 0.1) is 5.82 Å². The molecular weight excluding hydrogens is 453 g/mol. The van der Waals surface area contributed by atoms with Gasteiger partial charge < -0.3 is 20.7 Å². The van der Waals surface area contributed by atoms with Crippen molar-refractivity contribution in [1.82, 2.24) is 15.3 Å². The number of nitrogens with one attached hydrogen (secondary N) is 3. The third-order valence-electron chi connectivity index (χ3n) is 6.06. The molecule has 180 valence electrons. The van der Waals surface area contributed by atoms with E-state index < -0.39 is 0 Å². The molecule has 3 aromatic rings. The fourth-order valence-electron chi connectivity index (χ4n) is 4.25. The van der Waals surface area contributed by atoms with Gasteiger partial charge in [-0.2, -0.15) is 0 Å². The Kier molecular flexibility index (Phi) is 8.68. The van der Waals surface area contributed by atoms with Crippen LogP contribution in [-0.2, 0) is 11.3 Å². The fraction of sp³-hybridized carbons (Fsp3) is 0.385. The van der Waals surface area contributed by atoms with Gasteiger partial charge in [-0.3, -0.25) is 0 Å². The first-order valence-electron chi connectivity index (χ1n) is 11.7. The zero-order valence-corrected chi connectivity index (χ0v) is 20.1. The molecule has 4 rings (SSSR count). The van der Waals surface area contributed by atoms with E-state index in [1.807, 2.05) is 30.3 Å². The molecule has 0 unspecified atom stereocenters. The number of hydrogen-bond acceptors (Lipinski definition) is 6. The molecule has 1 fully saturated rings. The first kappa shape index (κ1) is 24.4. The van der Waals surface area contributed by atoms with Crippen molar-refractivity contribution in [2.45, 2.75) is 44.3 Å². The topological polar surface area (TPSA) is 71.1 Å². The van der Waals surface area contributed by atoms with Crippen LogP contribution in [0.4, 0.5) is 16.0 Å². The van der Waals surface area contributed by atoms with Gasteiger partial charge in [0.05, 0.1) is 17.3 Å². The Morgan fingerprint density at radius 1 is 1.03 bits per heavy atom. The molecule has 1 aliphatic rings. The van der Waals surface area contributed by atoms with Crippen LogP contribution in [0.25, 0.3) is 11.3 Å². The Morgan fingerprint density at radius 2 is 1.82 bits per heavy atom. The van der Waals surface area contributed by atoms with Crippen LogP contribution in [0.2, 0.25) is 5.02 Å². The molecule has 3 N–H and O–H groups in total. The standard InChI is InChI=1S/C26H31ClFN5O/c1-34-13-12-29-20-8-10-21(11-9-20)32-26-15-22(23(27)17-31-26)24-6-3-7-25(33-24)30-16-18-4-2-5-19(28)14-18/h2-7,14-15,17,20-21,29H,8-13,16H2,1H3,(H,30,33)(H,31,32). The Bertz CT molecular complexity index is 1070. The molecule has 1 aromatic carbocycles. The quantitative estimate of drug-likeness (QED) is 0.330. The van der Waals surface area contributed by atoms with Gasteiger partial charge in [0.2, 0.25) is 0 Å². The van der Waals surface area contributed by atoms with Gasteiger partial charge in [-0.05, 0) is 61.6 Å². The summed E-state index contributed by atoms with van der Waals surface area (Å²) in [5.74, 6) is 1.25. The lowest BCUT2D eigenvalue weighted by molar-refractivity contribution is 0.191. The first-order valence-corrected chi connectivity index (χ1v) is 12.1. The largest absolute Gasteiger partial charge is 0.383 e. The minimum absolute atomic E-state index is 0.250. The van der Waals surface area contributed by atoms with Crippen molar-refractivity contribution < 1.29 is 9.13 Å². The molecule has 0 radical (unpaired) electrons. The number of rotatable bonds is 10. The molecule has 2 aromatic heterocycles. The number of halogens is 2. The Morgan fingerprint density at radius 3 is 2.62 bits per heavy atom. The second kappa shape index (κ2) is 12.1. The van der Waals surface area contributed by atoms with Crippen LogP contribution in [0.1, 0.15) is 31.2 Å². The molecule has 1 aliphatic carbocycles. The third kappa shape index (κ3) is 6.88. The van der Waals surface area contributed by atoms with Crippen LogP contribution < -0.4 is 16.0 Å². The molecule has 0 aliphatic heterocycles. The molecule has 0 spiro atoms. The van der Waals surface area contributed by atoms with Gasteiger partial charge in [0.15, 0.2) is 0 Å². The minimum Gasteiger partial charge on any atom is -0.383 e. The molecule has 8 heteroatoms. The molecule has 1 saturated carbocycles. The smallest absolute Gasteiger partial charge is 0.126 e. The molecule has 0 atom stereocenters. The predicted molar refractivity (Wildman–Crippen MR) is 136 cm³/mol. The normalized spacial score (nSPS) is 18.0. The van der Waals surface area contributed by atoms with E-state index in [2.05, 4.69) is 20.9 Å². The maximum atomic E-state index is 13.4.